The number of carbonyl (C=O) groups excluding carboxylic acids is 1. The first kappa shape index (κ1) is 18.1. The topological polar surface area (TPSA) is 81.9 Å². The van der Waals surface area contributed by atoms with Crippen LogP contribution in [0.5, 0.6) is 5.75 Å². The number of nitrogens with one attached hydrogen (secondary N) is 1. The number of nitrogens with zero attached hydrogens (tertiary/aromatic N) is 4. The van der Waals surface area contributed by atoms with Gasteiger partial charge in [0.05, 0.1) is 12.2 Å². The Kier molecular flexibility index (Phi) is 5.62. The summed E-state index contributed by atoms with van der Waals surface area (Å²) in [5.41, 5.74) is 2.95. The molecule has 8 heteroatoms. The van der Waals surface area contributed by atoms with Crippen LogP contribution in [0.4, 0.5) is 0 Å². The van der Waals surface area contributed by atoms with Crippen LogP contribution in [0, 0.1) is 13.8 Å². The lowest BCUT2D eigenvalue weighted by Gasteiger charge is -2.11. The molecular formula is C18H18BrN5O2. The predicted octanol–water partition coefficient (Wildman–Crippen LogP) is 2.74. The molecule has 0 atom stereocenters. The molecule has 0 saturated carbocycles. The fourth-order valence-corrected chi connectivity index (χ4v) is 2.76. The zero-order chi connectivity index (χ0) is 18.5. The first-order valence-electron chi connectivity index (χ1n) is 8.03. The molecule has 0 fully saturated rings. The van der Waals surface area contributed by atoms with E-state index in [1.807, 2.05) is 56.3 Å². The summed E-state index contributed by atoms with van der Waals surface area (Å²) >= 11 is 3.42. The van der Waals surface area contributed by atoms with Crippen LogP contribution in [0.1, 0.15) is 17.0 Å². The van der Waals surface area contributed by atoms with Crippen LogP contribution in [0.3, 0.4) is 0 Å². The van der Waals surface area contributed by atoms with Crippen molar-refractivity contribution in [2.75, 3.05) is 6.61 Å². The third kappa shape index (κ3) is 4.26. The van der Waals surface area contributed by atoms with Crippen molar-refractivity contribution in [2.24, 2.45) is 0 Å². The summed E-state index contributed by atoms with van der Waals surface area (Å²) in [4.78, 5) is 12.1. The molecule has 1 aromatic heterocycles. The zero-order valence-electron chi connectivity index (χ0n) is 14.4. The number of ether oxygens (including phenoxy) is 1. The number of tetrazole rings is 1. The van der Waals surface area contributed by atoms with Gasteiger partial charge in [0.1, 0.15) is 5.75 Å². The van der Waals surface area contributed by atoms with Crippen LogP contribution >= 0.6 is 15.9 Å². The SMILES string of the molecule is Cc1cccc(OCC(=O)NCc2nnnn2-c2cccc(Br)c2)c1C. The minimum absolute atomic E-state index is 0.0667. The average Bonchev–Trinajstić information content (AvgIpc) is 3.10. The Labute approximate surface area is 159 Å². The Bertz CT molecular complexity index is 925. The van der Waals surface area contributed by atoms with Crippen molar-refractivity contribution in [3.63, 3.8) is 0 Å². The Morgan fingerprint density at radius 1 is 1.23 bits per heavy atom. The molecule has 26 heavy (non-hydrogen) atoms. The molecule has 2 aromatic carbocycles. The van der Waals surface area contributed by atoms with Crippen molar-refractivity contribution in [3.8, 4) is 11.4 Å². The number of amides is 1. The maximum Gasteiger partial charge on any atom is 0.258 e. The minimum atomic E-state index is -0.241. The van der Waals surface area contributed by atoms with Crippen LogP contribution in [-0.2, 0) is 11.3 Å². The second kappa shape index (κ2) is 8.09. The Morgan fingerprint density at radius 2 is 2.04 bits per heavy atom. The van der Waals surface area contributed by atoms with Gasteiger partial charge in [0, 0.05) is 4.47 Å². The van der Waals surface area contributed by atoms with Gasteiger partial charge >= 0.3 is 0 Å². The molecule has 0 bridgehead atoms. The summed E-state index contributed by atoms with van der Waals surface area (Å²) in [6.45, 7) is 4.11. The van der Waals surface area contributed by atoms with E-state index < -0.39 is 0 Å². The normalized spacial score (nSPS) is 10.6. The molecule has 0 unspecified atom stereocenters. The van der Waals surface area contributed by atoms with Crippen LogP contribution in [0.25, 0.3) is 5.69 Å². The molecule has 0 aliphatic rings. The largest absolute Gasteiger partial charge is 0.483 e. The average molecular weight is 416 g/mol. The molecule has 0 saturated heterocycles. The lowest BCUT2D eigenvalue weighted by Crippen LogP contribution is -2.29. The van der Waals surface area contributed by atoms with Gasteiger partial charge in [-0.25, -0.2) is 0 Å². The summed E-state index contributed by atoms with van der Waals surface area (Å²) in [6, 6.07) is 13.3. The number of rotatable bonds is 6. The van der Waals surface area contributed by atoms with Crippen molar-refractivity contribution in [2.45, 2.75) is 20.4 Å². The lowest BCUT2D eigenvalue weighted by atomic mass is 10.1. The molecule has 134 valence electrons. The number of hydrogen-bond acceptors (Lipinski definition) is 5. The molecule has 1 heterocycles. The second-order valence-corrected chi connectivity index (χ2v) is 6.67. The number of halogens is 1. The highest BCUT2D eigenvalue weighted by Crippen LogP contribution is 2.20. The number of aromatic nitrogens is 4. The van der Waals surface area contributed by atoms with E-state index in [1.165, 1.54) is 0 Å². The number of benzene rings is 2. The molecule has 3 aromatic rings. The quantitative estimate of drug-likeness (QED) is 0.669. The first-order chi connectivity index (χ1) is 12.5. The van der Waals surface area contributed by atoms with Gasteiger partial charge in [-0.05, 0) is 59.7 Å². The van der Waals surface area contributed by atoms with Crippen molar-refractivity contribution in [3.05, 3.63) is 63.9 Å². The lowest BCUT2D eigenvalue weighted by molar-refractivity contribution is -0.123. The monoisotopic (exact) mass is 415 g/mol. The van der Waals surface area contributed by atoms with E-state index in [0.717, 1.165) is 21.3 Å². The van der Waals surface area contributed by atoms with Crippen LogP contribution in [-0.4, -0.2) is 32.7 Å². The summed E-state index contributed by atoms with van der Waals surface area (Å²) < 4.78 is 8.10. The first-order valence-corrected chi connectivity index (χ1v) is 8.83. The molecule has 0 spiro atoms. The molecule has 0 aliphatic carbocycles. The molecule has 1 amide bonds. The third-order valence-electron chi connectivity index (χ3n) is 3.94. The van der Waals surface area contributed by atoms with Crippen molar-refractivity contribution in [1.82, 2.24) is 25.5 Å². The van der Waals surface area contributed by atoms with E-state index in [0.29, 0.717) is 11.6 Å². The van der Waals surface area contributed by atoms with Gasteiger partial charge < -0.3 is 10.1 Å². The van der Waals surface area contributed by atoms with E-state index >= 15 is 0 Å². The predicted molar refractivity (Wildman–Crippen MR) is 100 cm³/mol. The maximum atomic E-state index is 12.1. The number of aryl methyl sites for hydroxylation is 1. The summed E-state index contributed by atoms with van der Waals surface area (Å²) in [5, 5.41) is 14.4. The molecule has 3 rings (SSSR count). The van der Waals surface area contributed by atoms with E-state index in [2.05, 4.69) is 36.8 Å². The molecule has 1 N–H and O–H groups in total. The third-order valence-corrected chi connectivity index (χ3v) is 4.44. The smallest absolute Gasteiger partial charge is 0.258 e. The van der Waals surface area contributed by atoms with E-state index in [-0.39, 0.29) is 19.1 Å². The van der Waals surface area contributed by atoms with Gasteiger partial charge in [-0.3, -0.25) is 4.79 Å². The standard InChI is InChI=1S/C18H18BrN5O2/c1-12-5-3-8-16(13(12)2)26-11-18(25)20-10-17-21-22-23-24(17)15-7-4-6-14(19)9-15/h3-9H,10-11H2,1-2H3,(H,20,25). The van der Waals surface area contributed by atoms with Gasteiger partial charge in [0.15, 0.2) is 12.4 Å². The van der Waals surface area contributed by atoms with Crippen LogP contribution in [0.2, 0.25) is 0 Å². The second-order valence-electron chi connectivity index (χ2n) is 5.75. The van der Waals surface area contributed by atoms with E-state index in [4.69, 9.17) is 4.74 Å². The van der Waals surface area contributed by atoms with Gasteiger partial charge in [-0.1, -0.05) is 34.1 Å². The Balaban J connectivity index is 1.59. The molecule has 7 nitrogen and oxygen atoms in total. The minimum Gasteiger partial charge on any atom is -0.483 e. The summed E-state index contributed by atoms with van der Waals surface area (Å²) in [5.74, 6) is 0.997. The highest BCUT2D eigenvalue weighted by atomic mass is 79.9. The van der Waals surface area contributed by atoms with Gasteiger partial charge in [-0.2, -0.15) is 4.68 Å². The molecular weight excluding hydrogens is 398 g/mol. The van der Waals surface area contributed by atoms with E-state index in [9.17, 15) is 4.79 Å². The van der Waals surface area contributed by atoms with Crippen molar-refractivity contribution >= 4 is 21.8 Å². The maximum absolute atomic E-state index is 12.1. The number of carbonyl (C=O) groups is 1. The molecule has 0 radical (unpaired) electrons. The highest BCUT2D eigenvalue weighted by Gasteiger charge is 2.11. The van der Waals surface area contributed by atoms with E-state index in [1.54, 1.807) is 4.68 Å². The highest BCUT2D eigenvalue weighted by molar-refractivity contribution is 9.10. The Hall–Kier alpha value is -2.74. The van der Waals surface area contributed by atoms with Crippen LogP contribution < -0.4 is 10.1 Å². The van der Waals surface area contributed by atoms with Crippen molar-refractivity contribution in [1.29, 1.82) is 0 Å². The zero-order valence-corrected chi connectivity index (χ0v) is 16.0. The van der Waals surface area contributed by atoms with Gasteiger partial charge in [0.2, 0.25) is 0 Å². The summed E-state index contributed by atoms with van der Waals surface area (Å²) in [6.07, 6.45) is 0. The fourth-order valence-electron chi connectivity index (χ4n) is 2.38. The Morgan fingerprint density at radius 3 is 2.85 bits per heavy atom. The van der Waals surface area contributed by atoms with Crippen LogP contribution in [0.15, 0.2) is 46.9 Å². The fraction of sp³-hybridized carbons (Fsp3) is 0.222. The van der Waals surface area contributed by atoms with Gasteiger partial charge in [0.25, 0.3) is 5.91 Å². The summed E-state index contributed by atoms with van der Waals surface area (Å²) in [7, 11) is 0. The number of hydrogen-bond donors (Lipinski definition) is 1. The van der Waals surface area contributed by atoms with Crippen molar-refractivity contribution < 1.29 is 9.53 Å². The molecule has 0 aliphatic heterocycles. The van der Waals surface area contributed by atoms with Gasteiger partial charge in [-0.15, -0.1) is 5.10 Å².